The third-order valence-corrected chi connectivity index (χ3v) is 5.10. The van der Waals surface area contributed by atoms with Crippen LogP contribution in [0.2, 0.25) is 0 Å². The molecule has 0 bridgehead atoms. The van der Waals surface area contributed by atoms with E-state index in [4.69, 9.17) is 9.47 Å². The van der Waals surface area contributed by atoms with E-state index in [-0.39, 0.29) is 6.09 Å². The highest BCUT2D eigenvalue weighted by atomic mass is 16.6. The van der Waals surface area contributed by atoms with E-state index in [1.807, 2.05) is 25.7 Å². The summed E-state index contributed by atoms with van der Waals surface area (Å²) in [5.74, 6) is 1.01. The first-order valence-electron chi connectivity index (χ1n) is 9.81. The molecule has 2 heterocycles. The van der Waals surface area contributed by atoms with Crippen molar-refractivity contribution >= 4 is 11.8 Å². The third-order valence-electron chi connectivity index (χ3n) is 5.10. The van der Waals surface area contributed by atoms with Crippen molar-refractivity contribution in [3.05, 3.63) is 22.8 Å². The molecule has 2 aliphatic heterocycles. The molecule has 0 saturated carbocycles. The SMILES string of the molecule is CCCN1CCOc2cc3c(c(C)c21)CCN(C(=O)OC(C)(C)C)CC3. The maximum atomic E-state index is 12.5. The Morgan fingerprint density at radius 2 is 1.96 bits per heavy atom. The zero-order valence-electron chi connectivity index (χ0n) is 16.9. The van der Waals surface area contributed by atoms with Crippen LogP contribution in [0, 0.1) is 6.92 Å². The summed E-state index contributed by atoms with van der Waals surface area (Å²) in [4.78, 5) is 16.8. The van der Waals surface area contributed by atoms with Crippen molar-refractivity contribution in [2.45, 2.75) is 59.5 Å². The van der Waals surface area contributed by atoms with E-state index in [1.54, 1.807) is 0 Å². The molecule has 26 heavy (non-hydrogen) atoms. The summed E-state index contributed by atoms with van der Waals surface area (Å²) in [5, 5.41) is 0. The van der Waals surface area contributed by atoms with Crippen molar-refractivity contribution in [3.63, 3.8) is 0 Å². The van der Waals surface area contributed by atoms with Crippen molar-refractivity contribution in [3.8, 4) is 5.75 Å². The minimum atomic E-state index is -0.459. The normalized spacial score (nSPS) is 17.1. The molecule has 0 radical (unpaired) electrons. The van der Waals surface area contributed by atoms with Crippen molar-refractivity contribution in [1.29, 1.82) is 0 Å². The molecule has 0 atom stereocenters. The second kappa shape index (κ2) is 7.37. The lowest BCUT2D eigenvalue weighted by atomic mass is 9.94. The standard InChI is InChI=1S/C21H32N2O3/c1-6-9-22-12-13-25-18-14-16-7-10-23(20(24)26-21(3,4)5)11-8-17(16)15(2)19(18)22/h14H,6-13H2,1-5H3. The Hall–Kier alpha value is -1.91. The van der Waals surface area contributed by atoms with Crippen molar-refractivity contribution in [1.82, 2.24) is 4.90 Å². The average Bonchev–Trinajstić information content (AvgIpc) is 2.76. The zero-order chi connectivity index (χ0) is 18.9. The summed E-state index contributed by atoms with van der Waals surface area (Å²) in [6.45, 7) is 14.3. The molecule has 1 aromatic carbocycles. The average molecular weight is 360 g/mol. The minimum Gasteiger partial charge on any atom is -0.490 e. The Kier molecular flexibility index (Phi) is 5.35. The Morgan fingerprint density at radius 3 is 2.65 bits per heavy atom. The van der Waals surface area contributed by atoms with Crippen molar-refractivity contribution < 1.29 is 14.3 Å². The largest absolute Gasteiger partial charge is 0.490 e. The van der Waals surface area contributed by atoms with Gasteiger partial charge >= 0.3 is 6.09 Å². The van der Waals surface area contributed by atoms with Gasteiger partial charge in [0.15, 0.2) is 0 Å². The fourth-order valence-corrected chi connectivity index (χ4v) is 3.95. The number of nitrogens with zero attached hydrogens (tertiary/aromatic N) is 2. The highest BCUT2D eigenvalue weighted by Crippen LogP contribution is 2.39. The first kappa shape index (κ1) is 18.9. The number of benzene rings is 1. The molecule has 3 rings (SSSR count). The van der Waals surface area contributed by atoms with E-state index in [0.29, 0.717) is 13.1 Å². The van der Waals surface area contributed by atoms with Crippen LogP contribution in [0.5, 0.6) is 5.75 Å². The first-order valence-corrected chi connectivity index (χ1v) is 9.81. The Bertz CT molecular complexity index is 679. The van der Waals surface area contributed by atoms with Crippen LogP contribution in [0.3, 0.4) is 0 Å². The van der Waals surface area contributed by atoms with Gasteiger partial charge in [0, 0.05) is 19.6 Å². The number of fused-ring (bicyclic) bond motifs is 2. The summed E-state index contributed by atoms with van der Waals surface area (Å²) < 4.78 is 11.5. The minimum absolute atomic E-state index is 0.211. The molecule has 144 valence electrons. The molecule has 0 aromatic heterocycles. The summed E-state index contributed by atoms with van der Waals surface area (Å²) in [6, 6.07) is 2.21. The number of anilines is 1. The van der Waals surface area contributed by atoms with Crippen molar-refractivity contribution in [2.24, 2.45) is 0 Å². The lowest BCUT2D eigenvalue weighted by Crippen LogP contribution is -2.38. The summed E-state index contributed by atoms with van der Waals surface area (Å²) in [7, 11) is 0. The molecule has 5 heteroatoms. The van der Waals surface area contributed by atoms with Crippen LogP contribution in [0.1, 0.15) is 50.8 Å². The number of rotatable bonds is 2. The maximum Gasteiger partial charge on any atom is 0.410 e. The third kappa shape index (κ3) is 3.92. The molecular weight excluding hydrogens is 328 g/mol. The number of hydrogen-bond donors (Lipinski definition) is 0. The first-order chi connectivity index (χ1) is 12.3. The Labute approximate surface area is 157 Å². The van der Waals surface area contributed by atoms with Gasteiger partial charge in [0.1, 0.15) is 18.0 Å². The molecular formula is C21H32N2O3. The van der Waals surface area contributed by atoms with Gasteiger partial charge in [0.25, 0.3) is 0 Å². The predicted molar refractivity (Wildman–Crippen MR) is 104 cm³/mol. The van der Waals surface area contributed by atoms with Crippen LogP contribution in [0.25, 0.3) is 0 Å². The number of ether oxygens (including phenoxy) is 2. The Morgan fingerprint density at radius 1 is 1.23 bits per heavy atom. The number of hydrogen-bond acceptors (Lipinski definition) is 4. The van der Waals surface area contributed by atoms with Gasteiger partial charge < -0.3 is 19.3 Å². The molecule has 2 aliphatic rings. The molecule has 0 N–H and O–H groups in total. The monoisotopic (exact) mass is 360 g/mol. The van der Waals surface area contributed by atoms with Gasteiger partial charge in [-0.1, -0.05) is 6.92 Å². The van der Waals surface area contributed by atoms with Gasteiger partial charge in [-0.15, -0.1) is 0 Å². The van der Waals surface area contributed by atoms with Crippen LogP contribution >= 0.6 is 0 Å². The smallest absolute Gasteiger partial charge is 0.410 e. The van der Waals surface area contributed by atoms with E-state index in [1.165, 1.54) is 22.4 Å². The van der Waals surface area contributed by atoms with Gasteiger partial charge in [-0.3, -0.25) is 0 Å². The van der Waals surface area contributed by atoms with Crippen LogP contribution in [0.4, 0.5) is 10.5 Å². The number of carbonyl (C=O) groups excluding carboxylic acids is 1. The molecule has 1 aromatic rings. The van der Waals surface area contributed by atoms with Gasteiger partial charge in [-0.25, -0.2) is 4.79 Å². The summed E-state index contributed by atoms with van der Waals surface area (Å²) >= 11 is 0. The van der Waals surface area contributed by atoms with E-state index >= 15 is 0 Å². The number of amides is 1. The molecule has 1 amide bonds. The Balaban J connectivity index is 1.84. The summed E-state index contributed by atoms with van der Waals surface area (Å²) in [6.07, 6.45) is 2.63. The highest BCUT2D eigenvalue weighted by Gasteiger charge is 2.28. The fourth-order valence-electron chi connectivity index (χ4n) is 3.95. The van der Waals surface area contributed by atoms with Crippen LogP contribution < -0.4 is 9.64 Å². The van der Waals surface area contributed by atoms with Gasteiger partial charge in [-0.2, -0.15) is 0 Å². The molecule has 0 unspecified atom stereocenters. The topological polar surface area (TPSA) is 42.0 Å². The molecule has 0 aliphatic carbocycles. The maximum absolute atomic E-state index is 12.5. The fraction of sp³-hybridized carbons (Fsp3) is 0.667. The molecule has 0 spiro atoms. The van der Waals surface area contributed by atoms with Gasteiger partial charge in [0.05, 0.1) is 12.2 Å². The molecule has 5 nitrogen and oxygen atoms in total. The molecule has 0 fully saturated rings. The van der Waals surface area contributed by atoms with Gasteiger partial charge in [0.2, 0.25) is 0 Å². The van der Waals surface area contributed by atoms with Crippen LogP contribution in [0.15, 0.2) is 6.07 Å². The second-order valence-corrected chi connectivity index (χ2v) is 8.29. The molecule has 0 saturated heterocycles. The van der Waals surface area contributed by atoms with Crippen LogP contribution in [-0.4, -0.2) is 49.4 Å². The predicted octanol–water partition coefficient (Wildman–Crippen LogP) is 3.94. The number of carbonyl (C=O) groups is 1. The van der Waals surface area contributed by atoms with Gasteiger partial charge in [-0.05, 0) is 69.7 Å². The summed E-state index contributed by atoms with van der Waals surface area (Å²) in [5.41, 5.74) is 4.80. The lowest BCUT2D eigenvalue weighted by Gasteiger charge is -2.34. The van der Waals surface area contributed by atoms with E-state index in [2.05, 4.69) is 24.8 Å². The van der Waals surface area contributed by atoms with E-state index < -0.39 is 5.60 Å². The zero-order valence-corrected chi connectivity index (χ0v) is 16.9. The second-order valence-electron chi connectivity index (χ2n) is 8.29. The van der Waals surface area contributed by atoms with E-state index in [9.17, 15) is 4.79 Å². The van der Waals surface area contributed by atoms with E-state index in [0.717, 1.165) is 44.7 Å². The lowest BCUT2D eigenvalue weighted by molar-refractivity contribution is 0.0258. The quantitative estimate of drug-likeness (QED) is 0.801. The van der Waals surface area contributed by atoms with Crippen LogP contribution in [-0.2, 0) is 17.6 Å². The highest BCUT2D eigenvalue weighted by molar-refractivity contribution is 5.71. The van der Waals surface area contributed by atoms with Crippen molar-refractivity contribution in [2.75, 3.05) is 37.7 Å².